The fourth-order valence-electron chi connectivity index (χ4n) is 2.19. The second-order valence-corrected chi connectivity index (χ2v) is 4.73. The first kappa shape index (κ1) is 13.4. The molecule has 110 valence electrons. The Morgan fingerprint density at radius 2 is 1.86 bits per heavy atom. The quantitative estimate of drug-likeness (QED) is 0.658. The van der Waals surface area contributed by atoms with E-state index in [-0.39, 0.29) is 17.8 Å². The molecule has 0 bridgehead atoms. The van der Waals surface area contributed by atoms with Gasteiger partial charge in [-0.3, -0.25) is 10.8 Å². The zero-order chi connectivity index (χ0) is 15.2. The number of nitrogens with one attached hydrogen (secondary N) is 2. The van der Waals surface area contributed by atoms with Gasteiger partial charge in [0.1, 0.15) is 29.1 Å². The summed E-state index contributed by atoms with van der Waals surface area (Å²) < 4.78 is 40.3. The first-order valence-electron chi connectivity index (χ1n) is 5.97. The number of aromatic amines is 1. The van der Waals surface area contributed by atoms with Crippen LogP contribution in [-0.4, -0.2) is 21.8 Å². The number of hydrogen-bond donors (Lipinski definition) is 4. The van der Waals surface area contributed by atoms with Crippen molar-refractivity contribution >= 4 is 11.7 Å². The minimum Gasteiger partial charge on any atom is -0.383 e. The molecule has 21 heavy (non-hydrogen) atoms. The van der Waals surface area contributed by atoms with Crippen LogP contribution in [0.1, 0.15) is 11.1 Å². The predicted molar refractivity (Wildman–Crippen MR) is 69.9 cm³/mol. The molecular weight excluding hydrogens is 285 g/mol. The van der Waals surface area contributed by atoms with Crippen LogP contribution in [-0.2, 0) is 6.42 Å². The van der Waals surface area contributed by atoms with Crippen molar-refractivity contribution in [3.05, 3.63) is 46.9 Å². The molecule has 6 nitrogen and oxygen atoms in total. The summed E-state index contributed by atoms with van der Waals surface area (Å²) in [6.45, 7) is 0. The van der Waals surface area contributed by atoms with Gasteiger partial charge in [0.25, 0.3) is 0 Å². The van der Waals surface area contributed by atoms with Crippen molar-refractivity contribution in [2.24, 2.45) is 16.5 Å². The van der Waals surface area contributed by atoms with Crippen molar-refractivity contribution in [2.75, 3.05) is 5.32 Å². The molecule has 3 rings (SSSR count). The zero-order valence-corrected chi connectivity index (χ0v) is 10.6. The third-order valence-electron chi connectivity index (χ3n) is 3.13. The summed E-state index contributed by atoms with van der Waals surface area (Å²) in [5.41, 5.74) is 11.8. The molecule has 1 atom stereocenters. The smallest absolute Gasteiger partial charge is 0.190 e. The Labute approximate surface area is 117 Å². The highest BCUT2D eigenvalue weighted by atomic mass is 19.1. The Kier molecular flexibility index (Phi) is 2.87. The number of benzene rings is 1. The Balaban J connectivity index is 1.97. The number of nitrogens with two attached hydrogens (primary N) is 2. The van der Waals surface area contributed by atoms with Crippen LogP contribution in [0.3, 0.4) is 0 Å². The highest BCUT2D eigenvalue weighted by Crippen LogP contribution is 2.26. The van der Waals surface area contributed by atoms with Crippen molar-refractivity contribution in [2.45, 2.75) is 12.2 Å². The third kappa shape index (κ3) is 2.31. The normalized spacial score (nSPS) is 20.7. The average Bonchev–Trinajstić information content (AvgIpc) is 2.82. The van der Waals surface area contributed by atoms with Gasteiger partial charge in [-0.15, -0.1) is 0 Å². The molecule has 0 fully saturated rings. The van der Waals surface area contributed by atoms with Crippen molar-refractivity contribution in [1.29, 1.82) is 0 Å². The monoisotopic (exact) mass is 296 g/mol. The maximum atomic E-state index is 13.7. The van der Waals surface area contributed by atoms with Gasteiger partial charge in [0, 0.05) is 24.1 Å². The van der Waals surface area contributed by atoms with Gasteiger partial charge in [0.2, 0.25) is 0 Å². The molecule has 0 amide bonds. The fraction of sp³-hybridized carbons (Fsp3) is 0.167. The summed E-state index contributed by atoms with van der Waals surface area (Å²) >= 11 is 0. The van der Waals surface area contributed by atoms with Gasteiger partial charge in [-0.25, -0.2) is 18.2 Å². The lowest BCUT2D eigenvalue weighted by Crippen LogP contribution is -2.52. The van der Waals surface area contributed by atoms with E-state index in [0.717, 1.165) is 0 Å². The largest absolute Gasteiger partial charge is 0.383 e. The highest BCUT2D eigenvalue weighted by Gasteiger charge is 2.33. The van der Waals surface area contributed by atoms with Gasteiger partial charge < -0.3 is 11.1 Å². The lowest BCUT2D eigenvalue weighted by molar-refractivity contribution is 0.456. The van der Waals surface area contributed by atoms with Gasteiger partial charge in [0.15, 0.2) is 5.79 Å². The zero-order valence-electron chi connectivity index (χ0n) is 10.6. The summed E-state index contributed by atoms with van der Waals surface area (Å²) in [4.78, 5) is 4.00. The van der Waals surface area contributed by atoms with E-state index in [0.29, 0.717) is 23.5 Å². The Morgan fingerprint density at radius 1 is 1.19 bits per heavy atom. The molecule has 1 aliphatic rings. The second kappa shape index (κ2) is 4.48. The van der Waals surface area contributed by atoms with Gasteiger partial charge in [-0.05, 0) is 0 Å². The van der Waals surface area contributed by atoms with Crippen LogP contribution in [0.2, 0.25) is 0 Å². The molecule has 1 aliphatic heterocycles. The molecule has 2 aromatic rings. The highest BCUT2D eigenvalue weighted by molar-refractivity contribution is 6.03. The van der Waals surface area contributed by atoms with E-state index in [1.165, 1.54) is 6.20 Å². The van der Waals surface area contributed by atoms with Gasteiger partial charge >= 0.3 is 0 Å². The van der Waals surface area contributed by atoms with Gasteiger partial charge in [0.05, 0.1) is 11.8 Å². The molecule has 0 spiro atoms. The van der Waals surface area contributed by atoms with Gasteiger partial charge in [-0.2, -0.15) is 5.10 Å². The molecular formula is C12H11F3N6. The van der Waals surface area contributed by atoms with Crippen LogP contribution < -0.4 is 16.8 Å². The molecule has 1 unspecified atom stereocenters. The number of nitrogens with zero attached hydrogens (tertiary/aromatic N) is 2. The van der Waals surface area contributed by atoms with Crippen LogP contribution in [0.5, 0.6) is 0 Å². The summed E-state index contributed by atoms with van der Waals surface area (Å²) in [5, 5.41) is 9.16. The van der Waals surface area contributed by atoms with E-state index < -0.39 is 23.2 Å². The van der Waals surface area contributed by atoms with Crippen LogP contribution in [0.15, 0.2) is 23.3 Å². The number of amidine groups is 1. The standard InChI is InChI=1S/C12H11F3N6/c13-5-1-8(14)6(9(15)2-5)3-12(17)19-10(16)7-4-18-21-11(7)20-12/h1-2,4H,3,17H2,(H2,16,19)(H2,18,20,21). The molecule has 0 saturated heterocycles. The number of fused-ring (bicyclic) bond motifs is 1. The number of rotatable bonds is 2. The number of aromatic nitrogens is 2. The second-order valence-electron chi connectivity index (χ2n) is 4.73. The molecule has 1 aromatic heterocycles. The number of anilines is 1. The number of H-pyrrole nitrogens is 1. The number of aliphatic imine (C=N–C) groups is 1. The van der Waals surface area contributed by atoms with Crippen LogP contribution in [0.4, 0.5) is 19.0 Å². The first-order valence-corrected chi connectivity index (χ1v) is 5.97. The molecule has 0 saturated carbocycles. The lowest BCUT2D eigenvalue weighted by Gasteiger charge is -2.31. The van der Waals surface area contributed by atoms with Gasteiger partial charge in [-0.1, -0.05) is 0 Å². The summed E-state index contributed by atoms with van der Waals surface area (Å²) in [5.74, 6) is -4.17. The van der Waals surface area contributed by atoms with Crippen molar-refractivity contribution in [3.63, 3.8) is 0 Å². The third-order valence-corrected chi connectivity index (χ3v) is 3.13. The summed E-state index contributed by atoms with van der Waals surface area (Å²) in [6.07, 6.45) is 1.09. The molecule has 0 radical (unpaired) electrons. The van der Waals surface area contributed by atoms with Crippen LogP contribution >= 0.6 is 0 Å². The molecule has 1 aromatic carbocycles. The number of halogens is 3. The van der Waals surface area contributed by atoms with Crippen molar-refractivity contribution in [3.8, 4) is 0 Å². The minimum atomic E-state index is -1.57. The topological polar surface area (TPSA) is 105 Å². The van der Waals surface area contributed by atoms with Crippen molar-refractivity contribution in [1.82, 2.24) is 10.2 Å². The fourth-order valence-corrected chi connectivity index (χ4v) is 2.19. The Bertz CT molecular complexity index is 717. The molecule has 6 N–H and O–H groups in total. The van der Waals surface area contributed by atoms with E-state index in [9.17, 15) is 13.2 Å². The SMILES string of the molecule is NC1=NC(N)(Cc2c(F)cc(F)cc2F)Nc2[nH]ncc21. The summed E-state index contributed by atoms with van der Waals surface area (Å²) in [6, 6.07) is 1.17. The Hall–Kier alpha value is -2.55. The van der Waals surface area contributed by atoms with Crippen LogP contribution in [0.25, 0.3) is 0 Å². The number of hydrogen-bond acceptors (Lipinski definition) is 5. The first-order chi connectivity index (χ1) is 9.88. The molecule has 2 heterocycles. The minimum absolute atomic E-state index is 0.0860. The molecule has 0 aliphatic carbocycles. The predicted octanol–water partition coefficient (Wildman–Crippen LogP) is 0.813. The maximum Gasteiger partial charge on any atom is 0.190 e. The van der Waals surface area contributed by atoms with E-state index in [4.69, 9.17) is 11.5 Å². The molecule has 9 heteroatoms. The Morgan fingerprint density at radius 3 is 2.52 bits per heavy atom. The average molecular weight is 296 g/mol. The summed E-state index contributed by atoms with van der Waals surface area (Å²) in [7, 11) is 0. The van der Waals surface area contributed by atoms with E-state index in [1.807, 2.05) is 0 Å². The van der Waals surface area contributed by atoms with Crippen molar-refractivity contribution < 1.29 is 13.2 Å². The maximum absolute atomic E-state index is 13.7. The van der Waals surface area contributed by atoms with E-state index >= 15 is 0 Å². The lowest BCUT2D eigenvalue weighted by atomic mass is 10.0. The van der Waals surface area contributed by atoms with E-state index in [1.54, 1.807) is 0 Å². The van der Waals surface area contributed by atoms with E-state index in [2.05, 4.69) is 20.5 Å². The van der Waals surface area contributed by atoms with Crippen LogP contribution in [0, 0.1) is 17.5 Å².